The topological polar surface area (TPSA) is 94.1 Å². The largest absolute Gasteiger partial charge is 0.480 e. The zero-order chi connectivity index (χ0) is 19.4. The lowest BCUT2D eigenvalue weighted by Crippen LogP contribution is -2.55. The monoisotopic (exact) mass is 376 g/mol. The molecule has 1 aliphatic heterocycles. The van der Waals surface area contributed by atoms with Crippen LogP contribution in [0.1, 0.15) is 5.56 Å². The zero-order valence-corrected chi connectivity index (χ0v) is 15.5. The Labute approximate surface area is 156 Å². The van der Waals surface area contributed by atoms with Gasteiger partial charge >= 0.3 is 5.97 Å². The molecular weight excluding hydrogens is 352 g/mol. The number of carbonyl (C=O) groups is 1. The summed E-state index contributed by atoms with van der Waals surface area (Å²) in [6.45, 7) is 3.65. The van der Waals surface area contributed by atoms with E-state index in [9.17, 15) is 14.7 Å². The number of hydrogen-bond donors (Lipinski definition) is 1. The average Bonchev–Trinajstić information content (AvgIpc) is 2.97. The third-order valence-electron chi connectivity index (χ3n) is 4.82. The molecule has 1 saturated heterocycles. The number of aromatic nitrogens is 1. The highest BCUT2D eigenvalue weighted by atomic mass is 16.5. The normalized spacial score (nSPS) is 17.6. The summed E-state index contributed by atoms with van der Waals surface area (Å²) >= 11 is 0. The molecule has 2 unspecified atom stereocenters. The highest BCUT2D eigenvalue weighted by Crippen LogP contribution is 2.22. The number of carboxylic acids is 1. The molecule has 2 aromatic rings. The molecule has 2 atom stereocenters. The van der Waals surface area contributed by atoms with Crippen LogP contribution in [-0.2, 0) is 20.8 Å². The van der Waals surface area contributed by atoms with Crippen molar-refractivity contribution in [2.75, 3.05) is 33.4 Å². The molecule has 0 bridgehead atoms. The lowest BCUT2D eigenvalue weighted by atomic mass is 10.1. The summed E-state index contributed by atoms with van der Waals surface area (Å²) in [7, 11) is 1.44. The van der Waals surface area contributed by atoms with E-state index in [0.717, 1.165) is 5.56 Å². The SMILES string of the molecule is COC(Cn1oc(-c2ccccc2)c(C)c1=O)C(C(=O)O)N1CCOCC1. The molecule has 1 N–H and O–H groups in total. The second-order valence-electron chi connectivity index (χ2n) is 6.48. The standard InChI is InChI=1S/C19H24N2O6/c1-13-17(14-6-4-3-5-7-14)27-21(18(13)22)12-15(25-2)16(19(23)24)20-8-10-26-11-9-20/h3-7,15-16H,8-12H2,1-2H3,(H,23,24). The summed E-state index contributed by atoms with van der Waals surface area (Å²) in [5, 5.41) is 9.73. The fourth-order valence-corrected chi connectivity index (χ4v) is 3.36. The Bertz CT molecular complexity index is 822. The molecular formula is C19H24N2O6. The van der Waals surface area contributed by atoms with Crippen LogP contribution in [0.5, 0.6) is 0 Å². The molecule has 2 heterocycles. The second-order valence-corrected chi connectivity index (χ2v) is 6.48. The van der Waals surface area contributed by atoms with Gasteiger partial charge in [-0.05, 0) is 6.92 Å². The second kappa shape index (κ2) is 8.51. The van der Waals surface area contributed by atoms with Crippen LogP contribution in [0.4, 0.5) is 0 Å². The molecule has 0 radical (unpaired) electrons. The first-order valence-electron chi connectivity index (χ1n) is 8.86. The van der Waals surface area contributed by atoms with Gasteiger partial charge in [0.25, 0.3) is 5.56 Å². The van der Waals surface area contributed by atoms with Crippen molar-refractivity contribution >= 4 is 5.97 Å². The molecule has 1 aliphatic rings. The van der Waals surface area contributed by atoms with Gasteiger partial charge in [-0.25, -0.2) is 0 Å². The molecule has 1 aromatic heterocycles. The highest BCUT2D eigenvalue weighted by Gasteiger charge is 2.36. The van der Waals surface area contributed by atoms with Crippen LogP contribution in [0.2, 0.25) is 0 Å². The van der Waals surface area contributed by atoms with E-state index in [1.807, 2.05) is 30.3 Å². The number of aliphatic carboxylic acids is 1. The lowest BCUT2D eigenvalue weighted by Gasteiger charge is -2.35. The van der Waals surface area contributed by atoms with Crippen molar-refractivity contribution in [1.82, 2.24) is 9.64 Å². The molecule has 8 heteroatoms. The first kappa shape index (κ1) is 19.3. The number of carboxylic acid groups (broad SMARTS) is 1. The zero-order valence-electron chi connectivity index (χ0n) is 15.5. The summed E-state index contributed by atoms with van der Waals surface area (Å²) in [6, 6.07) is 8.44. The number of ether oxygens (including phenoxy) is 2. The molecule has 0 saturated carbocycles. The van der Waals surface area contributed by atoms with E-state index in [0.29, 0.717) is 37.6 Å². The number of methoxy groups -OCH3 is 1. The Kier molecular flexibility index (Phi) is 6.10. The Morgan fingerprint density at radius 1 is 1.26 bits per heavy atom. The summed E-state index contributed by atoms with van der Waals surface area (Å²) in [5.74, 6) is -0.517. The first-order chi connectivity index (χ1) is 13.0. The predicted molar refractivity (Wildman–Crippen MR) is 97.8 cm³/mol. The first-order valence-corrected chi connectivity index (χ1v) is 8.86. The lowest BCUT2D eigenvalue weighted by molar-refractivity contribution is -0.152. The van der Waals surface area contributed by atoms with Crippen LogP contribution in [0.25, 0.3) is 11.3 Å². The van der Waals surface area contributed by atoms with Crippen LogP contribution in [0, 0.1) is 6.92 Å². The Balaban J connectivity index is 1.87. The van der Waals surface area contributed by atoms with E-state index in [1.165, 1.54) is 11.8 Å². The Morgan fingerprint density at radius 3 is 2.52 bits per heavy atom. The molecule has 27 heavy (non-hydrogen) atoms. The minimum Gasteiger partial charge on any atom is -0.480 e. The predicted octanol–water partition coefficient (Wildman–Crippen LogP) is 1.22. The van der Waals surface area contributed by atoms with E-state index >= 15 is 0 Å². The van der Waals surface area contributed by atoms with Crippen molar-refractivity contribution in [2.24, 2.45) is 0 Å². The van der Waals surface area contributed by atoms with Crippen LogP contribution >= 0.6 is 0 Å². The van der Waals surface area contributed by atoms with E-state index < -0.39 is 18.1 Å². The maximum Gasteiger partial charge on any atom is 0.323 e. The molecule has 8 nitrogen and oxygen atoms in total. The average molecular weight is 376 g/mol. The van der Waals surface area contributed by atoms with Crippen LogP contribution in [0.3, 0.4) is 0 Å². The smallest absolute Gasteiger partial charge is 0.323 e. The maximum absolute atomic E-state index is 12.6. The molecule has 0 spiro atoms. The molecule has 1 aromatic carbocycles. The van der Waals surface area contributed by atoms with Gasteiger partial charge in [0.2, 0.25) is 0 Å². The molecule has 0 aliphatic carbocycles. The Hall–Kier alpha value is -2.42. The number of hydrogen-bond acceptors (Lipinski definition) is 6. The van der Waals surface area contributed by atoms with Crippen molar-refractivity contribution in [3.63, 3.8) is 0 Å². The minimum absolute atomic E-state index is 0.0112. The minimum atomic E-state index is -0.997. The van der Waals surface area contributed by atoms with Gasteiger partial charge in [0.1, 0.15) is 12.1 Å². The van der Waals surface area contributed by atoms with E-state index in [4.69, 9.17) is 14.0 Å². The molecule has 146 valence electrons. The van der Waals surface area contributed by atoms with Crippen LogP contribution in [0.15, 0.2) is 39.6 Å². The molecule has 3 rings (SSSR count). The summed E-state index contributed by atoms with van der Waals surface area (Å²) in [5.41, 5.74) is 0.985. The van der Waals surface area contributed by atoms with Gasteiger partial charge in [-0.2, -0.15) is 4.74 Å². The fourth-order valence-electron chi connectivity index (χ4n) is 3.36. The summed E-state index contributed by atoms with van der Waals surface area (Å²) < 4.78 is 17.7. The van der Waals surface area contributed by atoms with Crippen molar-refractivity contribution in [1.29, 1.82) is 0 Å². The van der Waals surface area contributed by atoms with Gasteiger partial charge < -0.3 is 19.1 Å². The quantitative estimate of drug-likeness (QED) is 0.776. The Morgan fingerprint density at radius 2 is 1.93 bits per heavy atom. The van der Waals surface area contributed by atoms with Crippen molar-refractivity contribution < 1.29 is 23.9 Å². The van der Waals surface area contributed by atoms with Gasteiger partial charge in [-0.3, -0.25) is 14.5 Å². The van der Waals surface area contributed by atoms with E-state index in [2.05, 4.69) is 0 Å². The summed E-state index contributed by atoms with van der Waals surface area (Å²) in [6.07, 6.45) is -0.743. The number of benzene rings is 1. The van der Waals surface area contributed by atoms with Gasteiger partial charge in [0, 0.05) is 25.8 Å². The van der Waals surface area contributed by atoms with Gasteiger partial charge in [0.05, 0.1) is 25.3 Å². The van der Waals surface area contributed by atoms with Crippen molar-refractivity contribution in [3.8, 4) is 11.3 Å². The molecule has 1 fully saturated rings. The third-order valence-corrected chi connectivity index (χ3v) is 4.82. The third kappa shape index (κ3) is 4.13. The van der Waals surface area contributed by atoms with Gasteiger partial charge in [0.15, 0.2) is 5.76 Å². The van der Waals surface area contributed by atoms with E-state index in [1.54, 1.807) is 11.8 Å². The van der Waals surface area contributed by atoms with Crippen molar-refractivity contribution in [3.05, 3.63) is 46.2 Å². The van der Waals surface area contributed by atoms with Crippen molar-refractivity contribution in [2.45, 2.75) is 25.6 Å². The highest BCUT2D eigenvalue weighted by molar-refractivity contribution is 5.74. The maximum atomic E-state index is 12.6. The van der Waals surface area contributed by atoms with Crippen LogP contribution in [-0.4, -0.2) is 66.3 Å². The number of rotatable bonds is 7. The van der Waals surface area contributed by atoms with E-state index in [-0.39, 0.29) is 12.1 Å². The van der Waals surface area contributed by atoms with Gasteiger partial charge in [-0.1, -0.05) is 30.3 Å². The number of morpholine rings is 1. The van der Waals surface area contributed by atoms with Crippen LogP contribution < -0.4 is 5.56 Å². The summed E-state index contributed by atoms with van der Waals surface area (Å²) in [4.78, 5) is 26.3. The van der Waals surface area contributed by atoms with Gasteiger partial charge in [-0.15, -0.1) is 0 Å². The fraction of sp³-hybridized carbons (Fsp3) is 0.474. The number of nitrogens with zero attached hydrogens (tertiary/aromatic N) is 2. The molecule has 0 amide bonds.